The third-order valence-electron chi connectivity index (χ3n) is 2.34. The van der Waals surface area contributed by atoms with Crippen molar-refractivity contribution >= 4 is 33.0 Å². The van der Waals surface area contributed by atoms with Crippen LogP contribution in [-0.2, 0) is 0 Å². The molecule has 82 valence electrons. The van der Waals surface area contributed by atoms with Gasteiger partial charge in [-0.1, -0.05) is 12.1 Å². The molecule has 0 bridgehead atoms. The van der Waals surface area contributed by atoms with E-state index in [1.54, 1.807) is 24.5 Å². The highest BCUT2D eigenvalue weighted by molar-refractivity contribution is 9.11. The molecule has 0 saturated carbocycles. The van der Waals surface area contributed by atoms with Crippen molar-refractivity contribution in [1.29, 1.82) is 0 Å². The maximum Gasteiger partial charge on any atom is 0.159 e. The molecule has 2 aromatic rings. The molecule has 0 fully saturated rings. The fraction of sp³-hybridized carbons (Fsp3) is 0.167. The highest BCUT2D eigenvalue weighted by atomic mass is 79.9. The first kappa shape index (κ1) is 11.5. The molecule has 16 heavy (non-hydrogen) atoms. The van der Waals surface area contributed by atoms with Gasteiger partial charge in [-0.05, 0) is 41.4 Å². The summed E-state index contributed by atoms with van der Waals surface area (Å²) in [5, 5.41) is 0.972. The van der Waals surface area contributed by atoms with E-state index in [2.05, 4.69) is 20.9 Å². The van der Waals surface area contributed by atoms with Gasteiger partial charge in [0.05, 0.1) is 9.98 Å². The van der Waals surface area contributed by atoms with Gasteiger partial charge in [0.1, 0.15) is 5.01 Å². The minimum atomic E-state index is 0.0926. The average molecular weight is 296 g/mol. The third kappa shape index (κ3) is 2.23. The van der Waals surface area contributed by atoms with E-state index in [-0.39, 0.29) is 5.78 Å². The summed E-state index contributed by atoms with van der Waals surface area (Å²) < 4.78 is 1.01. The van der Waals surface area contributed by atoms with Gasteiger partial charge in [0, 0.05) is 11.1 Å². The maximum absolute atomic E-state index is 11.2. The summed E-state index contributed by atoms with van der Waals surface area (Å²) in [6, 6.07) is 5.71. The van der Waals surface area contributed by atoms with Crippen LogP contribution in [0, 0.1) is 6.92 Å². The lowest BCUT2D eigenvalue weighted by Crippen LogP contribution is -1.93. The van der Waals surface area contributed by atoms with Gasteiger partial charge in [0.15, 0.2) is 5.78 Å². The van der Waals surface area contributed by atoms with Crippen LogP contribution >= 0.6 is 27.3 Å². The number of ketones is 1. The van der Waals surface area contributed by atoms with Crippen molar-refractivity contribution in [3.63, 3.8) is 0 Å². The van der Waals surface area contributed by atoms with Crippen LogP contribution in [0.5, 0.6) is 0 Å². The van der Waals surface area contributed by atoms with Gasteiger partial charge in [-0.3, -0.25) is 4.79 Å². The molecule has 0 saturated heterocycles. The fourth-order valence-electron chi connectivity index (χ4n) is 1.50. The van der Waals surface area contributed by atoms with E-state index in [0.717, 1.165) is 25.5 Å². The first-order valence-electron chi connectivity index (χ1n) is 4.81. The highest BCUT2D eigenvalue weighted by Crippen LogP contribution is 2.30. The molecule has 0 amide bonds. The largest absolute Gasteiger partial charge is 0.295 e. The Kier molecular flexibility index (Phi) is 3.21. The van der Waals surface area contributed by atoms with Crippen LogP contribution < -0.4 is 0 Å². The van der Waals surface area contributed by atoms with Gasteiger partial charge in [-0.15, -0.1) is 11.3 Å². The molecule has 4 heteroatoms. The minimum Gasteiger partial charge on any atom is -0.295 e. The number of hydrogen-bond acceptors (Lipinski definition) is 3. The van der Waals surface area contributed by atoms with Crippen LogP contribution in [-0.4, -0.2) is 10.8 Å². The molecule has 0 aliphatic rings. The van der Waals surface area contributed by atoms with Gasteiger partial charge in [-0.25, -0.2) is 4.98 Å². The van der Waals surface area contributed by atoms with E-state index in [1.165, 1.54) is 0 Å². The SMILES string of the molecule is CC(=O)c1ccc(-c2ncc(Br)s2)c(C)c1. The van der Waals surface area contributed by atoms with E-state index in [9.17, 15) is 4.79 Å². The fourth-order valence-corrected chi connectivity index (χ4v) is 2.80. The smallest absolute Gasteiger partial charge is 0.159 e. The standard InChI is InChI=1S/C12H10BrNOS/c1-7-5-9(8(2)15)3-4-10(7)12-14-6-11(13)16-12/h3-6H,1-2H3. The first-order valence-corrected chi connectivity index (χ1v) is 6.42. The number of aryl methyl sites for hydroxylation is 1. The van der Waals surface area contributed by atoms with Crippen molar-refractivity contribution in [2.45, 2.75) is 13.8 Å². The minimum absolute atomic E-state index is 0.0926. The summed E-state index contributed by atoms with van der Waals surface area (Å²) >= 11 is 4.98. The van der Waals surface area contributed by atoms with Crippen molar-refractivity contribution in [2.75, 3.05) is 0 Å². The van der Waals surface area contributed by atoms with E-state index in [1.807, 2.05) is 25.1 Å². The second-order valence-corrected chi connectivity index (χ2v) is 5.97. The molecule has 0 spiro atoms. The van der Waals surface area contributed by atoms with Crippen molar-refractivity contribution in [2.24, 2.45) is 0 Å². The summed E-state index contributed by atoms with van der Waals surface area (Å²) in [6.07, 6.45) is 1.79. The summed E-state index contributed by atoms with van der Waals surface area (Å²) in [6.45, 7) is 3.57. The van der Waals surface area contributed by atoms with Crippen LogP contribution in [0.3, 0.4) is 0 Å². The van der Waals surface area contributed by atoms with Crippen molar-refractivity contribution in [1.82, 2.24) is 4.98 Å². The second kappa shape index (κ2) is 4.47. The van der Waals surface area contributed by atoms with Gasteiger partial charge in [0.2, 0.25) is 0 Å². The molecule has 0 aliphatic heterocycles. The number of carbonyl (C=O) groups excluding carboxylic acids is 1. The summed E-state index contributed by atoms with van der Waals surface area (Å²) in [7, 11) is 0. The zero-order valence-corrected chi connectivity index (χ0v) is 11.4. The Morgan fingerprint density at radius 1 is 1.44 bits per heavy atom. The second-order valence-electron chi connectivity index (χ2n) is 3.56. The number of aromatic nitrogens is 1. The molecule has 1 aromatic carbocycles. The number of carbonyl (C=O) groups is 1. The van der Waals surface area contributed by atoms with Crippen LogP contribution in [0.15, 0.2) is 28.2 Å². The molecule has 0 aliphatic carbocycles. The number of nitrogens with zero attached hydrogens (tertiary/aromatic N) is 1. The molecular formula is C12H10BrNOS. The predicted molar refractivity (Wildman–Crippen MR) is 70.0 cm³/mol. The molecule has 0 unspecified atom stereocenters. The Balaban J connectivity index is 2.47. The van der Waals surface area contributed by atoms with Gasteiger partial charge in [-0.2, -0.15) is 0 Å². The van der Waals surface area contributed by atoms with Gasteiger partial charge in [0.25, 0.3) is 0 Å². The van der Waals surface area contributed by atoms with E-state index in [0.29, 0.717) is 0 Å². The normalized spacial score (nSPS) is 10.4. The lowest BCUT2D eigenvalue weighted by Gasteiger charge is -2.03. The van der Waals surface area contributed by atoms with Crippen molar-refractivity contribution < 1.29 is 4.79 Å². The van der Waals surface area contributed by atoms with Crippen LogP contribution in [0.4, 0.5) is 0 Å². The van der Waals surface area contributed by atoms with Crippen LogP contribution in [0.25, 0.3) is 10.6 Å². The van der Waals surface area contributed by atoms with Crippen LogP contribution in [0.1, 0.15) is 22.8 Å². The zero-order chi connectivity index (χ0) is 11.7. The lowest BCUT2D eigenvalue weighted by molar-refractivity contribution is 0.101. The zero-order valence-electron chi connectivity index (χ0n) is 8.95. The molecule has 0 radical (unpaired) electrons. The van der Waals surface area contributed by atoms with Gasteiger partial charge >= 0.3 is 0 Å². The summed E-state index contributed by atoms with van der Waals surface area (Å²) in [4.78, 5) is 15.5. The molecule has 2 rings (SSSR count). The molecular weight excluding hydrogens is 286 g/mol. The number of hydrogen-bond donors (Lipinski definition) is 0. The van der Waals surface area contributed by atoms with E-state index < -0.39 is 0 Å². The number of benzene rings is 1. The molecule has 0 N–H and O–H groups in total. The van der Waals surface area contributed by atoms with Crippen molar-refractivity contribution in [3.05, 3.63) is 39.3 Å². The highest BCUT2D eigenvalue weighted by Gasteiger charge is 2.08. The summed E-state index contributed by atoms with van der Waals surface area (Å²) in [5.74, 6) is 0.0926. The quantitative estimate of drug-likeness (QED) is 0.781. The first-order chi connectivity index (χ1) is 7.58. The maximum atomic E-state index is 11.2. The Labute approximate surface area is 106 Å². The van der Waals surface area contributed by atoms with Gasteiger partial charge < -0.3 is 0 Å². The topological polar surface area (TPSA) is 30.0 Å². The van der Waals surface area contributed by atoms with Crippen molar-refractivity contribution in [3.8, 4) is 10.6 Å². The molecule has 1 aromatic heterocycles. The van der Waals surface area contributed by atoms with Crippen LogP contribution in [0.2, 0.25) is 0 Å². The van der Waals surface area contributed by atoms with E-state index in [4.69, 9.17) is 0 Å². The Bertz CT molecular complexity index is 548. The Morgan fingerprint density at radius 2 is 2.19 bits per heavy atom. The predicted octanol–water partition coefficient (Wildman–Crippen LogP) is 4.08. The number of thiazole rings is 1. The lowest BCUT2D eigenvalue weighted by atomic mass is 10.0. The average Bonchev–Trinajstić information content (AvgIpc) is 2.64. The monoisotopic (exact) mass is 295 g/mol. The third-order valence-corrected chi connectivity index (χ3v) is 3.85. The molecule has 2 nitrogen and oxygen atoms in total. The number of halogens is 1. The number of rotatable bonds is 2. The summed E-state index contributed by atoms with van der Waals surface area (Å²) in [5.41, 5.74) is 2.91. The molecule has 1 heterocycles. The number of Topliss-reactive ketones (excluding diaryl/α,β-unsaturated/α-hetero) is 1. The molecule has 0 atom stereocenters. The van der Waals surface area contributed by atoms with E-state index >= 15 is 0 Å². The Hall–Kier alpha value is -1.00. The Morgan fingerprint density at radius 3 is 2.69 bits per heavy atom.